The molecule has 4 aromatic heterocycles. The summed E-state index contributed by atoms with van der Waals surface area (Å²) >= 11 is 7.33. The standard InChI is InChI=1S/C59H45N3S.C37H49N3.C34H28N2S2.C6H8S.2H2S/c1-44-22-43-59(63-44)49-31-41-58(42-32-49)62(56-37-27-47(28-38-56)45-23-33-54(34-24-45)60(50-14-6-2-7-15-50)51-16-8-3-9-17-51)57-39-29-48(30-40-57)46-25-35-55(36-26-46)61(52-18-10-4-11-19-52)53-20-12-5-13-21-53;1-38(30-22-26-36(27-23-30)39(32-14-6-2-7-15-32)33-16-8-3-9-17-33)31-24-28-37(29-25-31)40(34-18-10-4-11-19-34)35-20-12-5-13-21-35;1-23-3-21-33(37-23)27-9-17-31(18-10-27)35-29-13-5-25(6-14-29)26-7-15-30(16-8-26)36-32-19-11-28(12-20-32)34-22-4-24(2)38-34;1-5-3-4-6(2)7-5;;/h2-43H,1H3;2,4,6-7,10-11,14-15,18-19,22-23,26-27,31,33,35,37H,3,5,8-9,12-13,16-17,20-21,24-25,28-29H2,1H3;3-22,35-36H,1-2H3;3-4H,1-2H3;2*1H2. The van der Waals surface area contributed by atoms with Crippen molar-refractivity contribution in [1.82, 2.24) is 0 Å². The van der Waals surface area contributed by atoms with Crippen LogP contribution in [0.15, 0.2) is 473 Å². The number of rotatable bonds is 27. The van der Waals surface area contributed by atoms with E-state index in [-0.39, 0.29) is 27.0 Å². The van der Waals surface area contributed by atoms with E-state index >= 15 is 0 Å². The van der Waals surface area contributed by atoms with Crippen molar-refractivity contribution in [2.75, 3.05) is 47.1 Å². The molecular weight excluding hydrogens is 1940 g/mol. The Morgan fingerprint density at radius 1 is 0.180 bits per heavy atom. The molecular formula is C136H134N8S6. The Kier molecular flexibility index (Phi) is 36.2. The second-order valence-electron chi connectivity index (χ2n) is 39.2. The van der Waals surface area contributed by atoms with Crippen LogP contribution < -0.4 is 40.0 Å². The van der Waals surface area contributed by atoms with Gasteiger partial charge in [0.15, 0.2) is 0 Å². The Hall–Kier alpha value is -14.6. The molecule has 754 valence electrons. The fourth-order valence-corrected chi connectivity index (χ4v) is 24.6. The highest BCUT2D eigenvalue weighted by Crippen LogP contribution is 2.46. The van der Waals surface area contributed by atoms with Crippen molar-refractivity contribution in [2.24, 2.45) is 0 Å². The molecule has 0 radical (unpaired) electrons. The van der Waals surface area contributed by atoms with E-state index < -0.39 is 0 Å². The molecule has 0 spiro atoms. The van der Waals surface area contributed by atoms with E-state index in [1.807, 2.05) is 45.3 Å². The van der Waals surface area contributed by atoms with E-state index in [9.17, 15) is 0 Å². The number of thiophene rings is 4. The van der Waals surface area contributed by atoms with Gasteiger partial charge in [-0.1, -0.05) is 257 Å². The fourth-order valence-electron chi connectivity index (χ4n) is 21.2. The van der Waals surface area contributed by atoms with Crippen molar-refractivity contribution in [3.63, 3.8) is 0 Å². The Morgan fingerprint density at radius 3 is 0.660 bits per heavy atom. The van der Waals surface area contributed by atoms with Crippen LogP contribution in [0.25, 0.3) is 64.7 Å². The van der Waals surface area contributed by atoms with Crippen molar-refractivity contribution in [2.45, 2.75) is 149 Å². The van der Waals surface area contributed by atoms with Gasteiger partial charge in [0, 0.05) is 167 Å². The van der Waals surface area contributed by atoms with E-state index in [2.05, 4.69) is 555 Å². The van der Waals surface area contributed by atoms with Crippen molar-refractivity contribution < 1.29 is 0 Å². The van der Waals surface area contributed by atoms with Gasteiger partial charge in [0.25, 0.3) is 0 Å². The Bertz CT molecular complexity index is 7090. The van der Waals surface area contributed by atoms with Crippen LogP contribution in [0.2, 0.25) is 0 Å². The van der Waals surface area contributed by atoms with Gasteiger partial charge in [0.1, 0.15) is 0 Å². The maximum Gasteiger partial charge on any atom is 0.0462 e. The van der Waals surface area contributed by atoms with Crippen LogP contribution >= 0.6 is 72.3 Å². The van der Waals surface area contributed by atoms with Crippen molar-refractivity contribution in [3.8, 4) is 64.7 Å². The Balaban J connectivity index is 0.000000147. The van der Waals surface area contributed by atoms with E-state index in [0.717, 1.165) is 91.1 Å². The maximum absolute atomic E-state index is 3.51. The third kappa shape index (κ3) is 26.8. The Morgan fingerprint density at radius 2 is 0.387 bits per heavy atom. The number of aryl methyl sites for hydroxylation is 5. The van der Waals surface area contributed by atoms with Gasteiger partial charge in [-0.15, -0.1) is 45.3 Å². The highest BCUT2D eigenvalue weighted by atomic mass is 32.1. The molecule has 0 bridgehead atoms. The molecule has 4 heterocycles. The van der Waals surface area contributed by atoms with Crippen molar-refractivity contribution in [3.05, 3.63) is 498 Å². The minimum absolute atomic E-state index is 0. The summed E-state index contributed by atoms with van der Waals surface area (Å²) in [5, 5.41) is 7.02. The molecule has 0 unspecified atom stereocenters. The zero-order chi connectivity index (χ0) is 101. The first-order valence-corrected chi connectivity index (χ1v) is 55.9. The second-order valence-corrected chi connectivity index (χ2v) is 44.5. The summed E-state index contributed by atoms with van der Waals surface area (Å²) in [5.41, 5.74) is 30.6. The highest BCUT2D eigenvalue weighted by Gasteiger charge is 2.34. The number of anilines is 17. The van der Waals surface area contributed by atoms with Gasteiger partial charge in [0.05, 0.1) is 0 Å². The monoisotopic (exact) mass is 2070 g/mol. The summed E-state index contributed by atoms with van der Waals surface area (Å²) in [7, 11) is 2.33. The van der Waals surface area contributed by atoms with Gasteiger partial charge in [-0.3, -0.25) is 0 Å². The zero-order valence-corrected chi connectivity index (χ0v) is 91.8. The molecule has 2 N–H and O–H groups in total. The van der Waals surface area contributed by atoms with Crippen LogP contribution in [-0.4, -0.2) is 31.2 Å². The maximum atomic E-state index is 3.51. The van der Waals surface area contributed by atoms with Gasteiger partial charge in [0.2, 0.25) is 0 Å². The number of hydrogen-bond acceptors (Lipinski definition) is 12. The number of nitrogens with one attached hydrogen (secondary N) is 2. The number of benzene rings is 16. The van der Waals surface area contributed by atoms with Crippen LogP contribution in [0.5, 0.6) is 0 Å². The average Bonchev–Trinajstić information content (AvgIpc) is 0.928. The molecule has 14 heteroatoms. The summed E-state index contributed by atoms with van der Waals surface area (Å²) in [5.74, 6) is 0. The molecule has 0 saturated heterocycles. The van der Waals surface area contributed by atoms with Gasteiger partial charge in [-0.25, -0.2) is 0 Å². The predicted octanol–water partition coefficient (Wildman–Crippen LogP) is 40.7. The largest absolute Gasteiger partial charge is 0.372 e. The van der Waals surface area contributed by atoms with Crippen molar-refractivity contribution >= 4 is 169 Å². The van der Waals surface area contributed by atoms with Crippen LogP contribution in [-0.2, 0) is 0 Å². The number of para-hydroxylation sites is 6. The lowest BCUT2D eigenvalue weighted by atomic mass is 9.85. The quantitative estimate of drug-likeness (QED) is 0.0528. The molecule has 3 aliphatic rings. The molecule has 3 saturated carbocycles. The number of hydrogen-bond donors (Lipinski definition) is 2. The van der Waals surface area contributed by atoms with Gasteiger partial charge in [-0.05, 0) is 391 Å². The molecule has 3 fully saturated rings. The predicted molar refractivity (Wildman–Crippen MR) is 664 cm³/mol. The van der Waals surface area contributed by atoms with Gasteiger partial charge < -0.3 is 40.0 Å². The van der Waals surface area contributed by atoms with E-state index in [1.165, 1.54) is 191 Å². The zero-order valence-electron chi connectivity index (χ0n) is 86.6. The summed E-state index contributed by atoms with van der Waals surface area (Å²) in [6, 6.07) is 173. The van der Waals surface area contributed by atoms with Crippen LogP contribution in [0.4, 0.5) is 96.7 Å². The number of nitrogens with zero attached hydrogens (tertiary/aromatic N) is 6. The first-order valence-electron chi connectivity index (χ1n) is 52.6. The normalized spacial score (nSPS) is 13.8. The molecule has 0 amide bonds. The summed E-state index contributed by atoms with van der Waals surface area (Å²) in [6.45, 7) is 10.7. The fraction of sp³-hybridized carbons (Fsp3) is 0.176. The molecule has 8 nitrogen and oxygen atoms in total. The first kappa shape index (κ1) is 105. The molecule has 16 aromatic carbocycles. The lowest BCUT2D eigenvalue weighted by Crippen LogP contribution is -2.48. The lowest BCUT2D eigenvalue weighted by Gasteiger charge is -2.46. The van der Waals surface area contributed by atoms with Gasteiger partial charge in [-0.2, -0.15) is 27.0 Å². The smallest absolute Gasteiger partial charge is 0.0462 e. The summed E-state index contributed by atoms with van der Waals surface area (Å²) < 4.78 is 0. The molecule has 23 rings (SSSR count). The van der Waals surface area contributed by atoms with E-state index in [4.69, 9.17) is 0 Å². The topological polar surface area (TPSA) is 43.5 Å². The average molecular weight is 2070 g/mol. The molecule has 150 heavy (non-hydrogen) atoms. The lowest BCUT2D eigenvalue weighted by molar-refractivity contribution is 0.319. The Labute approximate surface area is 919 Å². The molecule has 0 aliphatic heterocycles. The minimum Gasteiger partial charge on any atom is -0.372 e. The van der Waals surface area contributed by atoms with Gasteiger partial charge >= 0.3 is 0 Å². The van der Waals surface area contributed by atoms with Crippen LogP contribution in [0, 0.1) is 34.6 Å². The summed E-state index contributed by atoms with van der Waals surface area (Å²) in [6.07, 6.45) is 18.7. The summed E-state index contributed by atoms with van der Waals surface area (Å²) in [4.78, 5) is 25.6. The molecule has 0 atom stereocenters. The molecule has 3 aliphatic carbocycles. The van der Waals surface area contributed by atoms with Crippen LogP contribution in [0.3, 0.4) is 0 Å². The third-order valence-electron chi connectivity index (χ3n) is 28.9. The minimum atomic E-state index is 0. The first-order chi connectivity index (χ1) is 72.8. The van der Waals surface area contributed by atoms with Crippen LogP contribution in [0.1, 0.15) is 114 Å². The van der Waals surface area contributed by atoms with E-state index in [0.29, 0.717) is 18.1 Å². The molecule has 20 aromatic rings. The third-order valence-corrected chi connectivity index (χ3v) is 33.0. The SMILES string of the molecule is CN(c1ccc(N(c2ccccc2)C2CCCCC2)cc1)C1CCC(N(c2ccccc2)C2CCCCC2)CC1.Cc1ccc(-c2ccc(N(c3ccc(-c4ccc(N(c5ccccc5)c5ccccc5)cc4)cc3)c3ccc(-c4ccc(N(c5ccccc5)c5ccccc5)cc4)cc3)cc2)s1.Cc1ccc(-c2ccc(Nc3ccc(-c4ccc(Nc5ccc(-c6ccc(C)s6)cc5)cc4)cc3)cc2)s1.Cc1ccc(C)s1.S.S. The highest BCUT2D eigenvalue weighted by molar-refractivity contribution is 7.59. The van der Waals surface area contributed by atoms with E-state index in [1.54, 1.807) is 0 Å². The van der Waals surface area contributed by atoms with Crippen molar-refractivity contribution in [1.29, 1.82) is 0 Å². The second kappa shape index (κ2) is 51.6.